The molecule has 0 heterocycles. The second kappa shape index (κ2) is 14.2. The number of rotatable bonds is 6. The van der Waals surface area contributed by atoms with Gasteiger partial charge in [-0.3, -0.25) is 0 Å². The van der Waals surface area contributed by atoms with Crippen LogP contribution in [0, 0.1) is 0 Å². The van der Waals surface area contributed by atoms with Gasteiger partial charge in [0.1, 0.15) is 0 Å². The molecule has 6 rings (SSSR count). The van der Waals surface area contributed by atoms with Gasteiger partial charge in [0.25, 0.3) is 0 Å². The minimum Gasteiger partial charge on any atom is -0.0622 e. The van der Waals surface area contributed by atoms with Gasteiger partial charge in [0.2, 0.25) is 0 Å². The molecule has 3 aromatic rings. The van der Waals surface area contributed by atoms with Crippen molar-refractivity contribution in [1.29, 1.82) is 0 Å². The van der Waals surface area contributed by atoms with E-state index in [2.05, 4.69) is 91.0 Å². The maximum absolute atomic E-state index is 2.64. The molecule has 2 saturated carbocycles. The molecule has 0 spiro atoms. The number of hydrogen-bond donors (Lipinski definition) is 0. The molecule has 37 heavy (non-hydrogen) atoms. The van der Waals surface area contributed by atoms with Crippen molar-refractivity contribution in [2.45, 2.75) is 92.0 Å². The molecule has 1 unspecified atom stereocenters. The predicted octanol–water partition coefficient (Wildman–Crippen LogP) is 10.2. The first-order valence-corrected chi connectivity index (χ1v) is 17.6. The van der Waals surface area contributed by atoms with E-state index in [1.54, 1.807) is 35.8 Å². The quantitative estimate of drug-likeness (QED) is 0.253. The average molecular weight is 585 g/mol. The number of allylic oxidation sites excluding steroid dienone is 1. The van der Waals surface area contributed by atoms with Gasteiger partial charge in [0, 0.05) is 0 Å². The Bertz CT molecular complexity index is 1050. The summed E-state index contributed by atoms with van der Waals surface area (Å²) in [6.07, 6.45) is 20.0. The van der Waals surface area contributed by atoms with Crippen molar-refractivity contribution >= 4 is 14.0 Å². The van der Waals surface area contributed by atoms with Crippen molar-refractivity contribution < 1.29 is 24.7 Å². The van der Waals surface area contributed by atoms with Crippen LogP contribution >= 0.6 is 7.92 Å². The van der Waals surface area contributed by atoms with Gasteiger partial charge in [-0.05, 0) is 24.0 Å². The second-order valence-corrected chi connectivity index (χ2v) is 15.3. The Labute approximate surface area is 242 Å². The zero-order valence-corrected chi connectivity index (χ0v) is 25.7. The standard InChI is InChI=1S/C21H28P.C14H14.Zr/c1-3-11-19(12-4-1)22(20-13-5-2-6-14-20)21-15-17-9-7-8-10-18(17)16-21;1-3-7-13(8-4-1)11-12-14-9-5-2-6-10-14;/h7-10,15-16,19-20H,1-6,11-14H2;1-10H,11-12H2;. The fraction of sp³-hybridized carbons (Fsp3) is 0.429. The van der Waals surface area contributed by atoms with Crippen LogP contribution in [0.5, 0.6) is 0 Å². The van der Waals surface area contributed by atoms with E-state index in [4.69, 9.17) is 0 Å². The SMILES string of the molecule is [Zr][CH]1C(P(C2CCCCC2)C2CCCCC2)=Cc2ccccc21.c1ccc(CCc2ccccc2)cc1. The fourth-order valence-electron chi connectivity index (χ4n) is 6.55. The first kappa shape index (κ1) is 27.3. The first-order valence-electron chi connectivity index (χ1n) is 14.7. The van der Waals surface area contributed by atoms with Crippen LogP contribution in [0.3, 0.4) is 0 Å². The Balaban J connectivity index is 0.000000171. The van der Waals surface area contributed by atoms with E-state index in [-0.39, 0.29) is 7.92 Å². The average Bonchev–Trinajstić information content (AvgIpc) is 3.30. The minimum absolute atomic E-state index is 0.0998. The predicted molar refractivity (Wildman–Crippen MR) is 158 cm³/mol. The number of fused-ring (bicyclic) bond motifs is 1. The minimum atomic E-state index is 0.0998. The molecule has 0 aromatic heterocycles. The molecule has 1 atom stereocenters. The van der Waals surface area contributed by atoms with Crippen molar-refractivity contribution in [2.24, 2.45) is 0 Å². The molecule has 0 nitrogen and oxygen atoms in total. The molecule has 0 aliphatic heterocycles. The first-order chi connectivity index (χ1) is 18.3. The topological polar surface area (TPSA) is 0 Å². The summed E-state index contributed by atoms with van der Waals surface area (Å²) in [5.74, 6) is 0. The third-order valence-corrected chi connectivity index (χ3v) is 14.2. The molecule has 2 heteroatoms. The van der Waals surface area contributed by atoms with E-state index in [1.165, 1.54) is 75.3 Å². The van der Waals surface area contributed by atoms with Crippen LogP contribution in [-0.2, 0) is 37.6 Å². The van der Waals surface area contributed by atoms with Gasteiger partial charge in [0.05, 0.1) is 0 Å². The van der Waals surface area contributed by atoms with E-state index < -0.39 is 0 Å². The molecule has 2 fully saturated rings. The van der Waals surface area contributed by atoms with E-state index >= 15 is 0 Å². The van der Waals surface area contributed by atoms with Gasteiger partial charge in [0.15, 0.2) is 0 Å². The van der Waals surface area contributed by atoms with E-state index in [9.17, 15) is 0 Å². The van der Waals surface area contributed by atoms with Crippen LogP contribution in [0.15, 0.2) is 90.2 Å². The van der Waals surface area contributed by atoms with E-state index in [0.29, 0.717) is 0 Å². The van der Waals surface area contributed by atoms with E-state index in [0.717, 1.165) is 27.8 Å². The summed E-state index contributed by atoms with van der Waals surface area (Å²) in [6, 6.07) is 30.5. The smallest absolute Gasteiger partial charge is 0.0238 e. The fourth-order valence-corrected chi connectivity index (χ4v) is 12.5. The number of aryl methyl sites for hydroxylation is 2. The summed E-state index contributed by atoms with van der Waals surface area (Å²) >= 11 is 1.72. The van der Waals surface area contributed by atoms with Gasteiger partial charge in [-0.2, -0.15) is 0 Å². The summed E-state index contributed by atoms with van der Waals surface area (Å²) in [5, 5.41) is 1.90. The van der Waals surface area contributed by atoms with E-state index in [1.807, 2.05) is 5.31 Å². The van der Waals surface area contributed by atoms with Gasteiger partial charge in [-0.15, -0.1) is 0 Å². The Morgan fingerprint density at radius 3 is 1.51 bits per heavy atom. The van der Waals surface area contributed by atoms with Gasteiger partial charge >= 0.3 is 159 Å². The zero-order chi connectivity index (χ0) is 25.3. The van der Waals surface area contributed by atoms with Crippen LogP contribution in [0.4, 0.5) is 0 Å². The Morgan fingerprint density at radius 2 is 1.03 bits per heavy atom. The maximum Gasteiger partial charge on any atom is -0.0238 e. The molecule has 3 aliphatic carbocycles. The van der Waals surface area contributed by atoms with Crippen LogP contribution in [0.1, 0.15) is 90.1 Å². The van der Waals surface area contributed by atoms with Crippen molar-refractivity contribution in [3.8, 4) is 0 Å². The third kappa shape index (κ3) is 7.43. The maximum atomic E-state index is 2.64. The Hall–Kier alpha value is -1.29. The molecule has 0 bridgehead atoms. The van der Waals surface area contributed by atoms with Crippen LogP contribution in [0.2, 0.25) is 0 Å². The molecule has 3 aromatic carbocycles. The van der Waals surface area contributed by atoms with Crippen LogP contribution in [-0.4, -0.2) is 11.3 Å². The normalized spacial score (nSPS) is 20.1. The molecule has 191 valence electrons. The van der Waals surface area contributed by atoms with Crippen LogP contribution in [0.25, 0.3) is 6.08 Å². The zero-order valence-electron chi connectivity index (χ0n) is 22.3. The molecule has 3 aliphatic rings. The summed E-state index contributed by atoms with van der Waals surface area (Å²) in [7, 11) is 0.0998. The van der Waals surface area contributed by atoms with Crippen molar-refractivity contribution in [3.05, 3.63) is 112 Å². The summed E-state index contributed by atoms with van der Waals surface area (Å²) in [4.78, 5) is 0. The summed E-state index contributed by atoms with van der Waals surface area (Å²) in [5.41, 5.74) is 8.10. The van der Waals surface area contributed by atoms with Gasteiger partial charge < -0.3 is 0 Å². The monoisotopic (exact) mass is 583 g/mol. The van der Waals surface area contributed by atoms with Gasteiger partial charge in [-0.25, -0.2) is 0 Å². The molecule has 0 radical (unpaired) electrons. The molecular formula is C35H42PZr. The summed E-state index contributed by atoms with van der Waals surface area (Å²) in [6.45, 7) is 0. The molecule has 0 N–H and O–H groups in total. The van der Waals surface area contributed by atoms with Gasteiger partial charge in [-0.1, -0.05) is 60.7 Å². The molecule has 0 amide bonds. The largest absolute Gasteiger partial charge is 0.0622 e. The van der Waals surface area contributed by atoms with Crippen LogP contribution < -0.4 is 0 Å². The third-order valence-electron chi connectivity index (χ3n) is 8.53. The molecular weight excluding hydrogens is 543 g/mol. The Morgan fingerprint density at radius 1 is 0.568 bits per heavy atom. The number of benzene rings is 3. The number of hydrogen-bond acceptors (Lipinski definition) is 0. The van der Waals surface area contributed by atoms with Crippen molar-refractivity contribution in [2.75, 3.05) is 0 Å². The molecule has 0 saturated heterocycles. The van der Waals surface area contributed by atoms with Crippen molar-refractivity contribution in [1.82, 2.24) is 0 Å². The summed E-state index contributed by atoms with van der Waals surface area (Å²) < 4.78 is 0.772. The van der Waals surface area contributed by atoms with Crippen molar-refractivity contribution in [3.63, 3.8) is 0 Å². The Kier molecular flexibility index (Phi) is 10.5. The second-order valence-electron chi connectivity index (χ2n) is 11.1.